The van der Waals surface area contributed by atoms with Crippen LogP contribution in [0, 0.1) is 0 Å². The Labute approximate surface area is 124 Å². The minimum atomic E-state index is -0.391. The Morgan fingerprint density at radius 2 is 1.81 bits per heavy atom. The summed E-state index contributed by atoms with van der Waals surface area (Å²) >= 11 is 0. The zero-order chi connectivity index (χ0) is 14.7. The maximum atomic E-state index is 11.1. The maximum absolute atomic E-state index is 11.1. The van der Waals surface area contributed by atoms with Crippen LogP contribution in [0.2, 0.25) is 0 Å². The van der Waals surface area contributed by atoms with Crippen molar-refractivity contribution in [2.75, 3.05) is 23.3 Å². The largest absolute Gasteiger partial charge is 0.380 e. The molecule has 1 aliphatic rings. The molecule has 0 radical (unpaired) electrons. The summed E-state index contributed by atoms with van der Waals surface area (Å²) in [5, 5.41) is 3.51. The number of hydrogen-bond donors (Lipinski definition) is 2. The molecule has 21 heavy (non-hydrogen) atoms. The summed E-state index contributed by atoms with van der Waals surface area (Å²) in [6.07, 6.45) is 1.10. The van der Waals surface area contributed by atoms with Gasteiger partial charge in [-0.3, -0.25) is 4.79 Å². The van der Waals surface area contributed by atoms with Crippen molar-refractivity contribution in [2.24, 2.45) is 5.73 Å². The van der Waals surface area contributed by atoms with Crippen LogP contribution in [0.3, 0.4) is 0 Å². The number of nitrogens with one attached hydrogen (secondary N) is 1. The number of rotatable bonds is 4. The van der Waals surface area contributed by atoms with Crippen LogP contribution in [0.1, 0.15) is 16.8 Å². The average Bonchev–Trinajstić information content (AvgIpc) is 2.97. The van der Waals surface area contributed by atoms with Crippen LogP contribution in [-0.4, -0.2) is 25.0 Å². The molecule has 0 aromatic heterocycles. The lowest BCUT2D eigenvalue weighted by Crippen LogP contribution is -2.25. The van der Waals surface area contributed by atoms with Gasteiger partial charge in [0.05, 0.1) is 0 Å². The second-order valence-corrected chi connectivity index (χ2v) is 5.35. The van der Waals surface area contributed by atoms with E-state index in [1.807, 2.05) is 18.2 Å². The summed E-state index contributed by atoms with van der Waals surface area (Å²) in [5.74, 6) is -0.391. The Bertz CT molecular complexity index is 610. The number of primary amides is 1. The summed E-state index contributed by atoms with van der Waals surface area (Å²) in [5.41, 5.74) is 8.08. The highest BCUT2D eigenvalue weighted by Crippen LogP contribution is 2.22. The van der Waals surface area contributed by atoms with Crippen LogP contribution in [0.4, 0.5) is 11.4 Å². The van der Waals surface area contributed by atoms with E-state index in [0.29, 0.717) is 11.6 Å². The number of nitrogens with zero attached hydrogens (tertiary/aromatic N) is 1. The quantitative estimate of drug-likeness (QED) is 0.905. The molecule has 0 spiro atoms. The molecule has 1 heterocycles. The Kier molecular flexibility index (Phi) is 3.77. The van der Waals surface area contributed by atoms with Crippen molar-refractivity contribution in [3.8, 4) is 0 Å². The number of nitrogens with two attached hydrogens (primary N) is 1. The third-order valence-corrected chi connectivity index (χ3v) is 3.85. The highest BCUT2D eigenvalue weighted by Gasteiger charge is 2.22. The van der Waals surface area contributed by atoms with Gasteiger partial charge in [-0.05, 0) is 42.8 Å². The molecule has 1 unspecified atom stereocenters. The van der Waals surface area contributed by atoms with Crippen LogP contribution >= 0.6 is 0 Å². The van der Waals surface area contributed by atoms with Gasteiger partial charge >= 0.3 is 0 Å². The van der Waals surface area contributed by atoms with Crippen molar-refractivity contribution >= 4 is 17.3 Å². The first-order valence-corrected chi connectivity index (χ1v) is 7.19. The smallest absolute Gasteiger partial charge is 0.248 e. The number of carbonyl (C=O) groups excluding carboxylic acids is 1. The lowest BCUT2D eigenvalue weighted by molar-refractivity contribution is 0.100. The molecule has 1 saturated heterocycles. The molecule has 0 bridgehead atoms. The van der Waals surface area contributed by atoms with Crippen molar-refractivity contribution in [3.05, 3.63) is 60.2 Å². The van der Waals surface area contributed by atoms with Crippen molar-refractivity contribution in [1.82, 2.24) is 0 Å². The molecule has 0 aliphatic carbocycles. The molecule has 4 nitrogen and oxygen atoms in total. The fourth-order valence-electron chi connectivity index (χ4n) is 2.72. The maximum Gasteiger partial charge on any atom is 0.248 e. The Morgan fingerprint density at radius 3 is 2.48 bits per heavy atom. The molecule has 108 valence electrons. The van der Waals surface area contributed by atoms with E-state index in [1.54, 1.807) is 12.1 Å². The normalized spacial score (nSPS) is 17.7. The minimum Gasteiger partial charge on any atom is -0.380 e. The number of amides is 1. The van der Waals surface area contributed by atoms with Gasteiger partial charge in [-0.15, -0.1) is 0 Å². The van der Waals surface area contributed by atoms with Crippen LogP contribution in [-0.2, 0) is 0 Å². The number of carbonyl (C=O) groups is 1. The first kappa shape index (κ1) is 13.5. The predicted molar refractivity (Wildman–Crippen MR) is 85.6 cm³/mol. The van der Waals surface area contributed by atoms with Crippen molar-refractivity contribution in [1.29, 1.82) is 0 Å². The Morgan fingerprint density at radius 1 is 1.10 bits per heavy atom. The Balaban J connectivity index is 1.61. The monoisotopic (exact) mass is 281 g/mol. The topological polar surface area (TPSA) is 58.4 Å². The molecule has 2 aromatic rings. The molecule has 1 amide bonds. The molecule has 1 aliphatic heterocycles. The highest BCUT2D eigenvalue weighted by molar-refractivity contribution is 5.93. The molecule has 1 atom stereocenters. The molecule has 1 fully saturated rings. The van der Waals surface area contributed by atoms with Gasteiger partial charge in [0.15, 0.2) is 0 Å². The van der Waals surface area contributed by atoms with Crippen LogP contribution in [0.5, 0.6) is 0 Å². The van der Waals surface area contributed by atoms with Crippen LogP contribution in [0.25, 0.3) is 0 Å². The first-order valence-electron chi connectivity index (χ1n) is 7.19. The van der Waals surface area contributed by atoms with E-state index < -0.39 is 5.91 Å². The van der Waals surface area contributed by atoms with Gasteiger partial charge in [0.1, 0.15) is 0 Å². The van der Waals surface area contributed by atoms with Gasteiger partial charge in [0.2, 0.25) is 5.91 Å². The minimum absolute atomic E-state index is 0.391. The molecule has 4 heteroatoms. The SMILES string of the molecule is NC(=O)c1ccc(NC2CCN(c3ccccc3)C2)cc1. The van der Waals surface area contributed by atoms with Crippen LogP contribution < -0.4 is 16.0 Å². The van der Waals surface area contributed by atoms with Gasteiger partial charge in [-0.2, -0.15) is 0 Å². The summed E-state index contributed by atoms with van der Waals surface area (Å²) in [7, 11) is 0. The summed E-state index contributed by atoms with van der Waals surface area (Å²) in [4.78, 5) is 13.4. The standard InChI is InChI=1S/C17H19N3O/c18-17(21)13-6-8-14(9-7-13)19-15-10-11-20(12-15)16-4-2-1-3-5-16/h1-9,15,19H,10-12H2,(H2,18,21). The average molecular weight is 281 g/mol. The van der Waals surface area contributed by atoms with Gasteiger partial charge in [-0.25, -0.2) is 0 Å². The van der Waals surface area contributed by atoms with E-state index in [9.17, 15) is 4.79 Å². The van der Waals surface area contributed by atoms with E-state index >= 15 is 0 Å². The molecule has 3 N–H and O–H groups in total. The van der Waals surface area contributed by atoms with Crippen molar-refractivity contribution in [3.63, 3.8) is 0 Å². The van der Waals surface area contributed by atoms with E-state index in [0.717, 1.165) is 25.2 Å². The molecular formula is C17H19N3O. The van der Waals surface area contributed by atoms with Gasteiger partial charge in [0, 0.05) is 36.1 Å². The van der Waals surface area contributed by atoms with E-state index in [2.05, 4.69) is 34.5 Å². The highest BCUT2D eigenvalue weighted by atomic mass is 16.1. The fourth-order valence-corrected chi connectivity index (χ4v) is 2.72. The van der Waals surface area contributed by atoms with E-state index in [1.165, 1.54) is 5.69 Å². The van der Waals surface area contributed by atoms with Crippen molar-refractivity contribution < 1.29 is 4.79 Å². The van der Waals surface area contributed by atoms with Gasteiger partial charge < -0.3 is 16.0 Å². The third kappa shape index (κ3) is 3.16. The zero-order valence-corrected chi connectivity index (χ0v) is 11.8. The number of benzene rings is 2. The summed E-state index contributed by atoms with van der Waals surface area (Å²) < 4.78 is 0. The Hall–Kier alpha value is -2.49. The zero-order valence-electron chi connectivity index (χ0n) is 11.8. The first-order chi connectivity index (χ1) is 10.2. The van der Waals surface area contributed by atoms with Gasteiger partial charge in [-0.1, -0.05) is 18.2 Å². The number of hydrogen-bond acceptors (Lipinski definition) is 3. The van der Waals surface area contributed by atoms with E-state index in [4.69, 9.17) is 5.73 Å². The lowest BCUT2D eigenvalue weighted by atomic mass is 10.2. The molecule has 2 aromatic carbocycles. The van der Waals surface area contributed by atoms with Crippen LogP contribution in [0.15, 0.2) is 54.6 Å². The fraction of sp³-hybridized carbons (Fsp3) is 0.235. The summed E-state index contributed by atoms with van der Waals surface area (Å²) in [6, 6.07) is 18.2. The second-order valence-electron chi connectivity index (χ2n) is 5.35. The third-order valence-electron chi connectivity index (χ3n) is 3.85. The molecule has 3 rings (SSSR count). The number of para-hydroxylation sites is 1. The number of anilines is 2. The molecular weight excluding hydrogens is 262 g/mol. The lowest BCUT2D eigenvalue weighted by Gasteiger charge is -2.19. The van der Waals surface area contributed by atoms with E-state index in [-0.39, 0.29) is 0 Å². The molecule has 0 saturated carbocycles. The summed E-state index contributed by atoms with van der Waals surface area (Å²) in [6.45, 7) is 2.04. The second kappa shape index (κ2) is 5.87. The van der Waals surface area contributed by atoms with Gasteiger partial charge in [0.25, 0.3) is 0 Å². The predicted octanol–water partition coefficient (Wildman–Crippen LogP) is 2.48. The van der Waals surface area contributed by atoms with Crippen molar-refractivity contribution in [2.45, 2.75) is 12.5 Å².